The average molecular weight is 386 g/mol. The van der Waals surface area contributed by atoms with E-state index < -0.39 is 11.8 Å². The predicted octanol–water partition coefficient (Wildman–Crippen LogP) is 2.48. The SMILES string of the molecule is NN(C(=O)Cc1ccc(-c2ccccc2)cc1)c1cnc(-n2cccn2)nc1O. The van der Waals surface area contributed by atoms with Crippen LogP contribution in [-0.2, 0) is 11.2 Å². The molecule has 0 aliphatic rings. The number of hydrogen-bond donors (Lipinski definition) is 2. The van der Waals surface area contributed by atoms with Gasteiger partial charge in [-0.25, -0.2) is 20.5 Å². The summed E-state index contributed by atoms with van der Waals surface area (Å²) in [7, 11) is 0. The minimum Gasteiger partial charge on any atom is -0.492 e. The van der Waals surface area contributed by atoms with Crippen molar-refractivity contribution in [1.82, 2.24) is 19.7 Å². The van der Waals surface area contributed by atoms with Crippen molar-refractivity contribution in [2.75, 3.05) is 5.01 Å². The maximum Gasteiger partial charge on any atom is 0.253 e. The van der Waals surface area contributed by atoms with Crippen LogP contribution in [-0.4, -0.2) is 30.8 Å². The number of nitrogens with zero attached hydrogens (tertiary/aromatic N) is 5. The van der Waals surface area contributed by atoms with Gasteiger partial charge in [0.2, 0.25) is 11.8 Å². The van der Waals surface area contributed by atoms with Crippen LogP contribution < -0.4 is 10.9 Å². The number of hydrogen-bond acceptors (Lipinski definition) is 6. The quantitative estimate of drug-likeness (QED) is 0.310. The highest BCUT2D eigenvalue weighted by molar-refractivity contribution is 5.94. The number of amides is 1. The largest absolute Gasteiger partial charge is 0.492 e. The van der Waals surface area contributed by atoms with Crippen molar-refractivity contribution in [1.29, 1.82) is 0 Å². The lowest BCUT2D eigenvalue weighted by molar-refractivity contribution is -0.118. The normalized spacial score (nSPS) is 10.7. The molecule has 0 bridgehead atoms. The average Bonchev–Trinajstić information content (AvgIpc) is 3.29. The van der Waals surface area contributed by atoms with Crippen LogP contribution in [0.15, 0.2) is 79.3 Å². The fraction of sp³-hybridized carbons (Fsp3) is 0.0476. The number of carbonyl (C=O) groups excluding carboxylic acids is 1. The minimum absolute atomic E-state index is 0.0202. The molecule has 0 fully saturated rings. The molecule has 0 unspecified atom stereocenters. The molecule has 0 saturated heterocycles. The molecule has 1 amide bonds. The monoisotopic (exact) mass is 386 g/mol. The molecular formula is C21H18N6O2. The second-order valence-electron chi connectivity index (χ2n) is 6.33. The molecule has 4 rings (SSSR count). The molecule has 2 aromatic heterocycles. The van der Waals surface area contributed by atoms with E-state index in [1.807, 2.05) is 54.6 Å². The summed E-state index contributed by atoms with van der Waals surface area (Å²) in [4.78, 5) is 20.6. The van der Waals surface area contributed by atoms with E-state index >= 15 is 0 Å². The summed E-state index contributed by atoms with van der Waals surface area (Å²) in [6.45, 7) is 0. The van der Waals surface area contributed by atoms with E-state index in [0.29, 0.717) is 0 Å². The Hall–Kier alpha value is -4.04. The summed E-state index contributed by atoms with van der Waals surface area (Å²) in [6, 6.07) is 19.3. The Morgan fingerprint density at radius 1 is 1.03 bits per heavy atom. The first kappa shape index (κ1) is 18.3. The summed E-state index contributed by atoms with van der Waals surface area (Å²) in [5, 5.41) is 15.0. The molecular weight excluding hydrogens is 368 g/mol. The Kier molecular flexibility index (Phi) is 5.00. The van der Waals surface area contributed by atoms with Crippen LogP contribution in [0.25, 0.3) is 17.1 Å². The molecule has 0 radical (unpaired) electrons. The second kappa shape index (κ2) is 7.91. The van der Waals surface area contributed by atoms with Gasteiger partial charge in [-0.2, -0.15) is 10.1 Å². The molecule has 0 saturated carbocycles. The van der Waals surface area contributed by atoms with Crippen molar-refractivity contribution < 1.29 is 9.90 Å². The summed E-state index contributed by atoms with van der Waals surface area (Å²) in [5.74, 6) is 5.27. The van der Waals surface area contributed by atoms with E-state index in [9.17, 15) is 9.90 Å². The summed E-state index contributed by atoms with van der Waals surface area (Å²) in [5.41, 5.74) is 2.99. The van der Waals surface area contributed by atoms with Crippen LogP contribution in [0.1, 0.15) is 5.56 Å². The van der Waals surface area contributed by atoms with Crippen LogP contribution >= 0.6 is 0 Å². The van der Waals surface area contributed by atoms with Crippen LogP contribution in [0.4, 0.5) is 5.69 Å². The molecule has 29 heavy (non-hydrogen) atoms. The number of nitrogens with two attached hydrogens (primary N) is 1. The lowest BCUT2D eigenvalue weighted by Gasteiger charge is -2.17. The van der Waals surface area contributed by atoms with Crippen molar-refractivity contribution in [2.24, 2.45) is 5.84 Å². The number of rotatable bonds is 5. The highest BCUT2D eigenvalue weighted by Gasteiger charge is 2.18. The van der Waals surface area contributed by atoms with Crippen molar-refractivity contribution in [2.45, 2.75) is 6.42 Å². The van der Waals surface area contributed by atoms with Gasteiger partial charge in [0.25, 0.3) is 5.95 Å². The Morgan fingerprint density at radius 3 is 2.41 bits per heavy atom. The number of aromatic hydroxyl groups is 1. The third-order valence-electron chi connectivity index (χ3n) is 4.39. The van der Waals surface area contributed by atoms with Gasteiger partial charge >= 0.3 is 0 Å². The third-order valence-corrected chi connectivity index (χ3v) is 4.39. The van der Waals surface area contributed by atoms with Crippen LogP contribution in [0, 0.1) is 0 Å². The highest BCUT2D eigenvalue weighted by Crippen LogP contribution is 2.24. The lowest BCUT2D eigenvalue weighted by Crippen LogP contribution is -2.38. The van der Waals surface area contributed by atoms with E-state index in [0.717, 1.165) is 21.7 Å². The highest BCUT2D eigenvalue weighted by atomic mass is 16.3. The van der Waals surface area contributed by atoms with Gasteiger partial charge < -0.3 is 5.11 Å². The summed E-state index contributed by atoms with van der Waals surface area (Å²) >= 11 is 0. The van der Waals surface area contributed by atoms with Crippen molar-refractivity contribution >= 4 is 11.6 Å². The predicted molar refractivity (Wildman–Crippen MR) is 108 cm³/mol. The van der Waals surface area contributed by atoms with Crippen LogP contribution in [0.3, 0.4) is 0 Å². The second-order valence-corrected chi connectivity index (χ2v) is 6.33. The van der Waals surface area contributed by atoms with E-state index in [1.165, 1.54) is 10.9 Å². The van der Waals surface area contributed by atoms with Crippen molar-refractivity contribution in [3.05, 3.63) is 84.8 Å². The summed E-state index contributed by atoms with van der Waals surface area (Å²) in [6.07, 6.45) is 4.57. The van der Waals surface area contributed by atoms with Gasteiger partial charge in [0, 0.05) is 12.4 Å². The lowest BCUT2D eigenvalue weighted by atomic mass is 10.0. The zero-order valence-corrected chi connectivity index (χ0v) is 15.4. The number of aromatic nitrogens is 4. The fourth-order valence-electron chi connectivity index (χ4n) is 2.86. The Morgan fingerprint density at radius 2 is 1.76 bits per heavy atom. The van der Waals surface area contributed by atoms with Gasteiger partial charge in [-0.1, -0.05) is 54.6 Å². The van der Waals surface area contributed by atoms with E-state index in [-0.39, 0.29) is 18.1 Å². The molecule has 2 aromatic carbocycles. The van der Waals surface area contributed by atoms with Crippen molar-refractivity contribution in [3.63, 3.8) is 0 Å². The fourth-order valence-corrected chi connectivity index (χ4v) is 2.86. The van der Waals surface area contributed by atoms with Crippen LogP contribution in [0.5, 0.6) is 5.88 Å². The molecule has 2 heterocycles. The number of carbonyl (C=O) groups is 1. The Bertz CT molecular complexity index is 1110. The van der Waals surface area contributed by atoms with Gasteiger partial charge in [0.15, 0.2) is 0 Å². The molecule has 0 aliphatic carbocycles. The standard InChI is InChI=1S/C21H18N6O2/c22-27(18-14-23-21(25-20(18)29)26-12-4-11-24-26)19(28)13-15-7-9-17(10-8-15)16-5-2-1-3-6-16/h1-12,14H,13,22H2,(H,23,25,29). The summed E-state index contributed by atoms with van der Waals surface area (Å²) < 4.78 is 1.39. The van der Waals surface area contributed by atoms with Gasteiger partial charge in [-0.3, -0.25) is 4.79 Å². The molecule has 0 spiro atoms. The van der Waals surface area contributed by atoms with Gasteiger partial charge in [0.1, 0.15) is 5.69 Å². The van der Waals surface area contributed by atoms with Crippen LogP contribution in [0.2, 0.25) is 0 Å². The Labute approximate surface area is 166 Å². The first-order valence-electron chi connectivity index (χ1n) is 8.90. The molecule has 0 atom stereocenters. The zero-order chi connectivity index (χ0) is 20.2. The van der Waals surface area contributed by atoms with Gasteiger partial charge in [-0.15, -0.1) is 0 Å². The first-order valence-corrected chi connectivity index (χ1v) is 8.90. The number of benzene rings is 2. The zero-order valence-electron chi connectivity index (χ0n) is 15.4. The Balaban J connectivity index is 1.47. The van der Waals surface area contributed by atoms with E-state index in [4.69, 9.17) is 5.84 Å². The smallest absolute Gasteiger partial charge is 0.253 e. The maximum atomic E-state index is 12.6. The van der Waals surface area contributed by atoms with Crippen molar-refractivity contribution in [3.8, 4) is 23.0 Å². The molecule has 4 aromatic rings. The molecule has 8 heteroatoms. The first-order chi connectivity index (χ1) is 14.1. The third kappa shape index (κ3) is 3.97. The van der Waals surface area contributed by atoms with Gasteiger partial charge in [0.05, 0.1) is 12.6 Å². The van der Waals surface area contributed by atoms with Gasteiger partial charge in [-0.05, 0) is 22.8 Å². The number of anilines is 1. The van der Waals surface area contributed by atoms with E-state index in [1.54, 1.807) is 18.5 Å². The molecule has 0 aliphatic heterocycles. The van der Waals surface area contributed by atoms with E-state index in [2.05, 4.69) is 15.1 Å². The topological polar surface area (TPSA) is 110 Å². The molecule has 144 valence electrons. The molecule has 8 nitrogen and oxygen atoms in total. The number of hydrazine groups is 1. The maximum absolute atomic E-state index is 12.6. The minimum atomic E-state index is -0.402. The molecule has 3 N–H and O–H groups in total.